The number of Topliss-reactive ketones (excluding diaryl/α,β-unsaturated/α-hetero) is 1. The van der Waals surface area contributed by atoms with Crippen LogP contribution in [0.1, 0.15) is 40.2 Å². The van der Waals surface area contributed by atoms with Crippen LogP contribution in [0.25, 0.3) is 10.8 Å². The van der Waals surface area contributed by atoms with Gasteiger partial charge in [-0.05, 0) is 41.5 Å². The van der Waals surface area contributed by atoms with Gasteiger partial charge in [0.05, 0.1) is 13.2 Å². The molecule has 2 N–H and O–H groups in total. The molecule has 6 nitrogen and oxygen atoms in total. The Kier molecular flexibility index (Phi) is 9.74. The van der Waals surface area contributed by atoms with Crippen LogP contribution in [-0.4, -0.2) is 30.1 Å². The van der Waals surface area contributed by atoms with Crippen LogP contribution in [0.3, 0.4) is 0 Å². The highest BCUT2D eigenvalue weighted by Gasteiger charge is 2.32. The van der Waals surface area contributed by atoms with Gasteiger partial charge in [-0.2, -0.15) is 0 Å². The Morgan fingerprint density at radius 3 is 2.39 bits per heavy atom. The summed E-state index contributed by atoms with van der Waals surface area (Å²) < 4.78 is 10.2. The van der Waals surface area contributed by atoms with Gasteiger partial charge in [0, 0.05) is 5.69 Å². The molecule has 0 unspecified atom stereocenters. The zero-order valence-corrected chi connectivity index (χ0v) is 17.2. The number of ether oxygens (including phenoxy) is 2. The van der Waals surface area contributed by atoms with Crippen molar-refractivity contribution in [3.63, 3.8) is 0 Å². The predicted octanol–water partition coefficient (Wildman–Crippen LogP) is 4.17. The first kappa shape index (κ1) is 23.2. The summed E-state index contributed by atoms with van der Waals surface area (Å²) in [4.78, 5) is 23.7. The highest BCUT2D eigenvalue weighted by atomic mass is 16.5. The van der Waals surface area contributed by atoms with Gasteiger partial charge in [0.25, 0.3) is 0 Å². The standard InChI is InChI=1S/C18H17NO5.2C2H6/c1-2-23-18(22)16-15(21)10-24-17(16)19-14-6-5-12-7-11(9-20)3-4-13(12)8-14;2*1-2/h3-8,19-20H,2,9-10H2,1H3;2*1-2H3. The summed E-state index contributed by atoms with van der Waals surface area (Å²) >= 11 is 0. The number of fused-ring (bicyclic) bond motifs is 1. The Morgan fingerprint density at radius 2 is 1.75 bits per heavy atom. The summed E-state index contributed by atoms with van der Waals surface area (Å²) in [6, 6.07) is 11.2. The second-order valence-corrected chi connectivity index (χ2v) is 5.32. The maximum Gasteiger partial charge on any atom is 0.347 e. The van der Waals surface area contributed by atoms with Crippen LogP contribution in [0.15, 0.2) is 47.9 Å². The lowest BCUT2D eigenvalue weighted by Gasteiger charge is -2.10. The summed E-state index contributed by atoms with van der Waals surface area (Å²) in [5, 5.41) is 14.1. The van der Waals surface area contributed by atoms with E-state index in [0.29, 0.717) is 5.69 Å². The molecule has 0 fully saturated rings. The first-order valence-corrected chi connectivity index (χ1v) is 9.60. The smallest absolute Gasteiger partial charge is 0.347 e. The summed E-state index contributed by atoms with van der Waals surface area (Å²) in [5.74, 6) is -0.968. The minimum atomic E-state index is -0.684. The lowest BCUT2D eigenvalue weighted by molar-refractivity contribution is -0.139. The van der Waals surface area contributed by atoms with Crippen LogP contribution in [0, 0.1) is 0 Å². The number of anilines is 1. The third-order valence-corrected chi connectivity index (χ3v) is 3.68. The van der Waals surface area contributed by atoms with Crippen LogP contribution in [0.2, 0.25) is 0 Å². The number of nitrogens with one attached hydrogen (secondary N) is 1. The molecule has 0 saturated heterocycles. The molecule has 0 aromatic heterocycles. The van der Waals surface area contributed by atoms with E-state index in [9.17, 15) is 14.7 Å². The molecular formula is C22H29NO5. The molecule has 0 bridgehead atoms. The number of aliphatic hydroxyl groups is 1. The largest absolute Gasteiger partial charge is 0.470 e. The van der Waals surface area contributed by atoms with E-state index in [2.05, 4.69) is 5.32 Å². The molecule has 6 heteroatoms. The zero-order valence-electron chi connectivity index (χ0n) is 17.2. The van der Waals surface area contributed by atoms with Crippen molar-refractivity contribution in [3.8, 4) is 0 Å². The Balaban J connectivity index is 0.000000921. The molecule has 28 heavy (non-hydrogen) atoms. The molecule has 1 heterocycles. The van der Waals surface area contributed by atoms with E-state index in [0.717, 1.165) is 16.3 Å². The average molecular weight is 387 g/mol. The first-order chi connectivity index (χ1) is 13.6. The molecule has 0 spiro atoms. The quantitative estimate of drug-likeness (QED) is 0.592. The van der Waals surface area contributed by atoms with Gasteiger partial charge in [0.1, 0.15) is 0 Å². The maximum atomic E-state index is 11.9. The summed E-state index contributed by atoms with van der Waals surface area (Å²) in [5.41, 5.74) is 1.43. The lowest BCUT2D eigenvalue weighted by Crippen LogP contribution is -2.16. The number of carbonyl (C=O) groups excluding carboxylic acids is 2. The third kappa shape index (κ3) is 5.57. The number of rotatable bonds is 5. The summed E-state index contributed by atoms with van der Waals surface area (Å²) in [6.45, 7) is 9.67. The van der Waals surface area contributed by atoms with E-state index in [1.54, 1.807) is 6.92 Å². The van der Waals surface area contributed by atoms with Crippen LogP contribution in [0.5, 0.6) is 0 Å². The predicted molar refractivity (Wildman–Crippen MR) is 111 cm³/mol. The number of benzene rings is 2. The Morgan fingerprint density at radius 1 is 1.11 bits per heavy atom. The van der Waals surface area contributed by atoms with Crippen LogP contribution in [-0.2, 0) is 25.7 Å². The second kappa shape index (κ2) is 11.8. The lowest BCUT2D eigenvalue weighted by atomic mass is 10.1. The fraction of sp³-hybridized carbons (Fsp3) is 0.364. The number of aliphatic hydroxyl groups excluding tert-OH is 1. The second-order valence-electron chi connectivity index (χ2n) is 5.32. The molecular weight excluding hydrogens is 358 g/mol. The average Bonchev–Trinajstić information content (AvgIpc) is 3.10. The molecule has 2 aromatic rings. The van der Waals surface area contributed by atoms with Crippen molar-refractivity contribution >= 4 is 28.2 Å². The number of hydrogen-bond donors (Lipinski definition) is 2. The molecule has 0 atom stereocenters. The highest BCUT2D eigenvalue weighted by molar-refractivity contribution is 6.19. The van der Waals surface area contributed by atoms with Crippen molar-refractivity contribution in [2.24, 2.45) is 0 Å². The highest BCUT2D eigenvalue weighted by Crippen LogP contribution is 2.25. The molecule has 152 valence electrons. The molecule has 0 saturated carbocycles. The van der Waals surface area contributed by atoms with Crippen LogP contribution >= 0.6 is 0 Å². The van der Waals surface area contributed by atoms with Crippen molar-refractivity contribution < 1.29 is 24.2 Å². The number of hydrogen-bond acceptors (Lipinski definition) is 6. The van der Waals surface area contributed by atoms with E-state index < -0.39 is 11.8 Å². The molecule has 3 rings (SSSR count). The van der Waals surface area contributed by atoms with Gasteiger partial charge in [0.2, 0.25) is 11.7 Å². The number of ketones is 1. The molecule has 1 aliphatic heterocycles. The molecule has 2 aromatic carbocycles. The SMILES string of the molecule is CC.CC.CCOC(=O)C1=C(Nc2ccc3cc(CO)ccc3c2)OCC1=O. The van der Waals surface area contributed by atoms with E-state index in [4.69, 9.17) is 9.47 Å². The normalized spacial score (nSPS) is 12.4. The van der Waals surface area contributed by atoms with Gasteiger partial charge in [-0.3, -0.25) is 4.79 Å². The Labute approximate surface area is 166 Å². The topological polar surface area (TPSA) is 84.9 Å². The van der Waals surface area contributed by atoms with E-state index in [1.165, 1.54) is 0 Å². The Hall–Kier alpha value is -2.86. The summed E-state index contributed by atoms with van der Waals surface area (Å²) in [7, 11) is 0. The molecule has 1 aliphatic rings. The number of carbonyl (C=O) groups is 2. The number of esters is 1. The van der Waals surface area contributed by atoms with Crippen molar-refractivity contribution in [2.75, 3.05) is 18.5 Å². The van der Waals surface area contributed by atoms with Gasteiger partial charge >= 0.3 is 5.97 Å². The fourth-order valence-corrected chi connectivity index (χ4v) is 2.52. The summed E-state index contributed by atoms with van der Waals surface area (Å²) in [6.07, 6.45) is 0. The molecule has 0 aliphatic carbocycles. The van der Waals surface area contributed by atoms with E-state index in [-0.39, 0.29) is 31.3 Å². The van der Waals surface area contributed by atoms with E-state index >= 15 is 0 Å². The van der Waals surface area contributed by atoms with Crippen molar-refractivity contribution in [3.05, 3.63) is 53.4 Å². The molecule has 0 amide bonds. The fourth-order valence-electron chi connectivity index (χ4n) is 2.52. The van der Waals surface area contributed by atoms with Crippen molar-refractivity contribution in [2.45, 2.75) is 41.2 Å². The maximum absolute atomic E-state index is 11.9. The monoisotopic (exact) mass is 387 g/mol. The van der Waals surface area contributed by atoms with Gasteiger partial charge in [-0.25, -0.2) is 4.79 Å². The van der Waals surface area contributed by atoms with Gasteiger partial charge in [-0.15, -0.1) is 0 Å². The zero-order chi connectivity index (χ0) is 21.1. The van der Waals surface area contributed by atoms with Gasteiger partial charge < -0.3 is 19.9 Å². The van der Waals surface area contributed by atoms with Gasteiger partial charge in [0.15, 0.2) is 12.2 Å². The van der Waals surface area contributed by atoms with E-state index in [1.807, 2.05) is 64.1 Å². The van der Waals surface area contributed by atoms with Crippen molar-refractivity contribution in [1.82, 2.24) is 0 Å². The van der Waals surface area contributed by atoms with Crippen LogP contribution in [0.4, 0.5) is 5.69 Å². The first-order valence-electron chi connectivity index (χ1n) is 9.60. The molecule has 0 radical (unpaired) electrons. The Bertz CT molecular complexity index is 842. The minimum Gasteiger partial charge on any atom is -0.470 e. The van der Waals surface area contributed by atoms with Crippen molar-refractivity contribution in [1.29, 1.82) is 0 Å². The van der Waals surface area contributed by atoms with Crippen LogP contribution < -0.4 is 5.32 Å². The minimum absolute atomic E-state index is 0.0122. The van der Waals surface area contributed by atoms with Gasteiger partial charge in [-0.1, -0.05) is 45.9 Å². The third-order valence-electron chi connectivity index (χ3n) is 3.68.